The fourth-order valence-corrected chi connectivity index (χ4v) is 6.36. The Hall–Kier alpha value is -5.88. The summed E-state index contributed by atoms with van der Waals surface area (Å²) >= 11 is 0. The number of nitrogens with zero attached hydrogens (tertiary/aromatic N) is 2. The first-order valence-electron chi connectivity index (χ1n) is 15.2. The normalized spacial score (nSPS) is 11.3. The lowest BCUT2D eigenvalue weighted by Gasteiger charge is -2.21. The van der Waals surface area contributed by atoms with Crippen molar-refractivity contribution >= 4 is 21.7 Å². The zero-order valence-corrected chi connectivity index (χ0v) is 25.6. The second-order valence-electron chi connectivity index (χ2n) is 11.4. The second-order valence-corrected chi connectivity index (χ2v) is 11.4. The van der Waals surface area contributed by atoms with Crippen molar-refractivity contribution < 1.29 is 9.84 Å². The maximum absolute atomic E-state index is 14.6. The minimum Gasteiger partial charge on any atom is -0.508 e. The largest absolute Gasteiger partial charge is 0.508 e. The predicted octanol–water partition coefficient (Wildman–Crippen LogP) is 7.90. The van der Waals surface area contributed by atoms with Crippen molar-refractivity contribution in [2.24, 2.45) is 0 Å². The Balaban J connectivity index is 1.45. The van der Waals surface area contributed by atoms with E-state index in [-0.39, 0.29) is 16.9 Å². The molecule has 2 aromatic heterocycles. The molecule has 0 radical (unpaired) electrons. The highest BCUT2D eigenvalue weighted by molar-refractivity contribution is 6.03. The summed E-state index contributed by atoms with van der Waals surface area (Å²) in [4.78, 5) is 27.7. The van der Waals surface area contributed by atoms with Crippen LogP contribution in [0.4, 0.5) is 0 Å². The molecular formula is C40H32N2O4. The van der Waals surface area contributed by atoms with E-state index < -0.39 is 0 Å². The van der Waals surface area contributed by atoms with Crippen molar-refractivity contribution in [3.63, 3.8) is 0 Å². The van der Waals surface area contributed by atoms with Crippen LogP contribution in [0.2, 0.25) is 0 Å². The van der Waals surface area contributed by atoms with E-state index in [9.17, 15) is 14.7 Å². The van der Waals surface area contributed by atoms with E-state index in [1.165, 1.54) is 0 Å². The minimum atomic E-state index is -0.136. The van der Waals surface area contributed by atoms with E-state index in [0.29, 0.717) is 29.6 Å². The molecule has 0 unspecified atom stereocenters. The number of aromatic nitrogens is 2. The number of phenolic OH excluding ortho intramolecular Hbond substituents is 1. The molecule has 0 spiro atoms. The number of hydrogen-bond acceptors (Lipinski definition) is 4. The van der Waals surface area contributed by atoms with E-state index >= 15 is 0 Å². The summed E-state index contributed by atoms with van der Waals surface area (Å²) in [6.07, 6.45) is 0.521. The SMILES string of the molecule is COc1ccc(-n2c(-c3ccccc3)c(-c3ccccc3)c3ccc(CCn4c(=O)cc(C)c5ccc(O)cc54)cc3c2=O)cc1. The monoisotopic (exact) mass is 604 g/mol. The number of fused-ring (bicyclic) bond motifs is 2. The third-order valence-corrected chi connectivity index (χ3v) is 8.61. The molecule has 7 aromatic rings. The van der Waals surface area contributed by atoms with Crippen molar-refractivity contribution in [2.45, 2.75) is 19.9 Å². The summed E-state index contributed by atoms with van der Waals surface area (Å²) in [5, 5.41) is 12.5. The van der Waals surface area contributed by atoms with Crippen molar-refractivity contribution in [3.8, 4) is 39.6 Å². The molecule has 0 aliphatic rings. The van der Waals surface area contributed by atoms with Crippen molar-refractivity contribution in [2.75, 3.05) is 7.11 Å². The fourth-order valence-electron chi connectivity index (χ4n) is 6.36. The molecule has 5 aromatic carbocycles. The number of ether oxygens (including phenoxy) is 1. The van der Waals surface area contributed by atoms with Gasteiger partial charge in [0.15, 0.2) is 0 Å². The Kier molecular flexibility index (Phi) is 7.47. The highest BCUT2D eigenvalue weighted by Crippen LogP contribution is 2.38. The quantitative estimate of drug-likeness (QED) is 0.201. The van der Waals surface area contributed by atoms with Crippen LogP contribution in [0.3, 0.4) is 0 Å². The molecule has 1 N–H and O–H groups in total. The lowest BCUT2D eigenvalue weighted by Crippen LogP contribution is -2.22. The van der Waals surface area contributed by atoms with Crippen molar-refractivity contribution in [3.05, 3.63) is 159 Å². The number of hydrogen-bond donors (Lipinski definition) is 1. The van der Waals surface area contributed by atoms with Crippen LogP contribution in [0, 0.1) is 6.92 Å². The molecule has 0 bridgehead atoms. The molecule has 6 nitrogen and oxygen atoms in total. The van der Waals surface area contributed by atoms with E-state index in [2.05, 4.69) is 12.1 Å². The van der Waals surface area contributed by atoms with Gasteiger partial charge >= 0.3 is 0 Å². The molecule has 0 atom stereocenters. The number of rotatable bonds is 7. The van der Waals surface area contributed by atoms with Gasteiger partial charge in [0.2, 0.25) is 0 Å². The third-order valence-electron chi connectivity index (χ3n) is 8.61. The predicted molar refractivity (Wildman–Crippen MR) is 185 cm³/mol. The van der Waals surface area contributed by atoms with Crippen LogP contribution in [0.15, 0.2) is 137 Å². The summed E-state index contributed by atoms with van der Waals surface area (Å²) in [5.74, 6) is 0.815. The molecule has 226 valence electrons. The Morgan fingerprint density at radius 3 is 2.07 bits per heavy atom. The van der Waals surface area contributed by atoms with Gasteiger partial charge in [-0.1, -0.05) is 72.8 Å². The van der Waals surface area contributed by atoms with Gasteiger partial charge in [0, 0.05) is 40.7 Å². The van der Waals surface area contributed by atoms with Crippen LogP contribution < -0.4 is 15.9 Å². The minimum absolute atomic E-state index is 0.110. The third kappa shape index (κ3) is 5.14. The van der Waals surface area contributed by atoms with Crippen molar-refractivity contribution in [1.82, 2.24) is 9.13 Å². The van der Waals surface area contributed by atoms with E-state index in [0.717, 1.165) is 50.0 Å². The molecule has 0 aliphatic carbocycles. The standard InChI is InChI=1S/C40H32N2O4/c1-26-23-37(44)41(36-25-31(43)16-20-33(26)36)22-21-27-13-19-34-35(24-27)40(45)42(30-14-17-32(46-2)18-15-30)39(29-11-7-4-8-12-29)38(34)28-9-5-3-6-10-28/h3-20,23-25,43H,21-22H2,1-2H3. The van der Waals surface area contributed by atoms with E-state index in [4.69, 9.17) is 4.74 Å². The van der Waals surface area contributed by atoms with Gasteiger partial charge in [0.05, 0.1) is 18.3 Å². The first-order chi connectivity index (χ1) is 22.4. The first-order valence-corrected chi connectivity index (χ1v) is 15.2. The fraction of sp³-hybridized carbons (Fsp3) is 0.100. The number of benzene rings is 5. The van der Waals surface area contributed by atoms with Crippen LogP contribution in [-0.2, 0) is 13.0 Å². The topological polar surface area (TPSA) is 73.5 Å². The molecule has 0 aliphatic heterocycles. The van der Waals surface area contributed by atoms with Gasteiger partial charge in [-0.15, -0.1) is 0 Å². The average molecular weight is 605 g/mol. The molecule has 0 saturated carbocycles. The van der Waals surface area contributed by atoms with Crippen molar-refractivity contribution in [1.29, 1.82) is 0 Å². The molecule has 2 heterocycles. The summed E-state index contributed by atoms with van der Waals surface area (Å²) in [5.41, 5.74) is 6.63. The van der Waals surface area contributed by atoms with Crippen LogP contribution in [0.1, 0.15) is 11.1 Å². The smallest absolute Gasteiger partial charge is 0.263 e. The maximum Gasteiger partial charge on any atom is 0.263 e. The number of aromatic hydroxyl groups is 1. The Bertz CT molecular complexity index is 2340. The van der Waals surface area contributed by atoms with Gasteiger partial charge in [0.25, 0.3) is 11.1 Å². The van der Waals surface area contributed by atoms with Crippen LogP contribution in [0.5, 0.6) is 11.5 Å². The molecule has 6 heteroatoms. The highest BCUT2D eigenvalue weighted by atomic mass is 16.5. The first kappa shape index (κ1) is 28.9. The number of pyridine rings is 2. The molecular weight excluding hydrogens is 572 g/mol. The zero-order chi connectivity index (χ0) is 31.8. The second kappa shape index (κ2) is 11.9. The van der Waals surface area contributed by atoms with E-state index in [1.807, 2.05) is 104 Å². The zero-order valence-electron chi connectivity index (χ0n) is 25.6. The summed E-state index contributed by atoms with van der Waals surface area (Å²) < 4.78 is 8.90. The Labute approximate surface area is 266 Å². The average Bonchev–Trinajstić information content (AvgIpc) is 3.09. The highest BCUT2D eigenvalue weighted by Gasteiger charge is 2.21. The number of aryl methyl sites for hydroxylation is 3. The van der Waals surface area contributed by atoms with Gasteiger partial charge < -0.3 is 14.4 Å². The molecule has 46 heavy (non-hydrogen) atoms. The summed E-state index contributed by atoms with van der Waals surface area (Å²) in [7, 11) is 1.62. The van der Waals surface area contributed by atoms with Gasteiger partial charge in [-0.2, -0.15) is 0 Å². The van der Waals surface area contributed by atoms with Gasteiger partial charge in [-0.25, -0.2) is 0 Å². The maximum atomic E-state index is 14.6. The Morgan fingerprint density at radius 2 is 1.37 bits per heavy atom. The van der Waals surface area contributed by atoms with E-state index in [1.54, 1.807) is 34.4 Å². The molecule has 7 rings (SSSR count). The molecule has 0 saturated heterocycles. The number of methoxy groups -OCH3 is 1. The molecule has 0 fully saturated rings. The summed E-state index contributed by atoms with van der Waals surface area (Å²) in [6, 6.07) is 40.4. The van der Waals surface area contributed by atoms with Crippen LogP contribution in [0.25, 0.3) is 49.7 Å². The van der Waals surface area contributed by atoms with Crippen LogP contribution in [-0.4, -0.2) is 21.4 Å². The van der Waals surface area contributed by atoms with Crippen LogP contribution >= 0.6 is 0 Å². The lowest BCUT2D eigenvalue weighted by atomic mass is 9.92. The number of phenols is 1. The van der Waals surface area contributed by atoms with Gasteiger partial charge in [-0.3, -0.25) is 14.2 Å². The molecule has 0 amide bonds. The Morgan fingerprint density at radius 1 is 0.696 bits per heavy atom. The van der Waals surface area contributed by atoms with Gasteiger partial charge in [-0.05, 0) is 83.4 Å². The lowest BCUT2D eigenvalue weighted by molar-refractivity contribution is 0.414. The summed E-state index contributed by atoms with van der Waals surface area (Å²) in [6.45, 7) is 2.29. The van der Waals surface area contributed by atoms with Gasteiger partial charge in [0.1, 0.15) is 11.5 Å².